The fourth-order valence-corrected chi connectivity index (χ4v) is 3.29. The molecule has 2 N–H and O–H groups in total. The van der Waals surface area contributed by atoms with E-state index in [1.807, 2.05) is 13.0 Å². The van der Waals surface area contributed by atoms with Crippen LogP contribution in [0.15, 0.2) is 24.7 Å². The third kappa shape index (κ3) is 2.83. The average molecular weight is 360 g/mol. The Morgan fingerprint density at radius 2 is 2.12 bits per heavy atom. The van der Waals surface area contributed by atoms with Crippen LogP contribution in [0.25, 0.3) is 11.0 Å². The van der Waals surface area contributed by atoms with E-state index in [0.717, 1.165) is 5.56 Å². The second-order valence-electron chi connectivity index (χ2n) is 6.50. The lowest BCUT2D eigenvalue weighted by Gasteiger charge is -2.31. The van der Waals surface area contributed by atoms with Crippen molar-refractivity contribution in [2.24, 2.45) is 0 Å². The van der Waals surface area contributed by atoms with Crippen LogP contribution in [0.5, 0.6) is 11.8 Å². The fraction of sp³-hybridized carbons (Fsp3) is 0.412. The summed E-state index contributed by atoms with van der Waals surface area (Å²) in [5, 5.41) is 4.60. The van der Waals surface area contributed by atoms with E-state index in [2.05, 4.69) is 20.1 Å². The Morgan fingerprint density at radius 3 is 2.88 bits per heavy atom. The number of nitrogens with two attached hydrogens (primary N) is 1. The van der Waals surface area contributed by atoms with Gasteiger partial charge < -0.3 is 10.5 Å². The average Bonchev–Trinajstić information content (AvgIpc) is 2.94. The molecule has 1 atom stereocenters. The first-order valence-electron chi connectivity index (χ1n) is 8.43. The molecule has 0 bridgehead atoms. The molecule has 1 aliphatic carbocycles. The molecule has 0 radical (unpaired) electrons. The standard InChI is InChI=1S/C17H18F2N6O/c1-10-5-7-21-12(8-10)26-16-13-14(20)22-9-23-15(13)25(24-16)11-4-2-3-6-17(11,18)19/h5,7-9,11H,2-4,6H2,1H3,(H2,20,22,23). The molecule has 4 rings (SSSR count). The maximum Gasteiger partial charge on any atom is 0.270 e. The number of ether oxygens (including phenoxy) is 1. The number of hydrogen-bond acceptors (Lipinski definition) is 6. The Hall–Kier alpha value is -2.84. The second kappa shape index (κ2) is 6.15. The first-order valence-corrected chi connectivity index (χ1v) is 8.43. The first kappa shape index (κ1) is 16.6. The molecule has 0 spiro atoms. The highest BCUT2D eigenvalue weighted by atomic mass is 19.3. The van der Waals surface area contributed by atoms with Crippen molar-refractivity contribution in [1.82, 2.24) is 24.7 Å². The molecule has 3 aromatic heterocycles. The van der Waals surface area contributed by atoms with E-state index in [1.54, 1.807) is 12.3 Å². The minimum atomic E-state index is -2.87. The van der Waals surface area contributed by atoms with Crippen molar-refractivity contribution in [2.75, 3.05) is 5.73 Å². The molecule has 0 saturated heterocycles. The van der Waals surface area contributed by atoms with Gasteiger partial charge in [0.05, 0.1) is 0 Å². The summed E-state index contributed by atoms with van der Waals surface area (Å²) in [4.78, 5) is 12.2. The van der Waals surface area contributed by atoms with Crippen LogP contribution >= 0.6 is 0 Å². The highest BCUT2D eigenvalue weighted by Gasteiger charge is 2.44. The van der Waals surface area contributed by atoms with Crippen molar-refractivity contribution in [1.29, 1.82) is 0 Å². The lowest BCUT2D eigenvalue weighted by atomic mass is 9.91. The molecule has 3 heterocycles. The predicted molar refractivity (Wildman–Crippen MR) is 91.2 cm³/mol. The normalized spacial score (nSPS) is 19.6. The van der Waals surface area contributed by atoms with E-state index in [-0.39, 0.29) is 23.8 Å². The van der Waals surface area contributed by atoms with E-state index in [0.29, 0.717) is 30.5 Å². The summed E-state index contributed by atoms with van der Waals surface area (Å²) in [5.41, 5.74) is 7.15. The van der Waals surface area contributed by atoms with Gasteiger partial charge in [0.2, 0.25) is 5.88 Å². The van der Waals surface area contributed by atoms with Crippen molar-refractivity contribution < 1.29 is 13.5 Å². The van der Waals surface area contributed by atoms with Crippen LogP contribution in [0.3, 0.4) is 0 Å². The molecule has 1 fully saturated rings. The number of aryl methyl sites for hydroxylation is 1. The van der Waals surface area contributed by atoms with Gasteiger partial charge in [-0.25, -0.2) is 28.4 Å². The van der Waals surface area contributed by atoms with E-state index in [1.165, 1.54) is 11.0 Å². The number of halogens is 2. The van der Waals surface area contributed by atoms with Crippen LogP contribution in [0.1, 0.15) is 37.3 Å². The SMILES string of the molecule is Cc1ccnc(Oc2nn(C3CCCCC3(F)F)c3ncnc(N)c23)c1. The quantitative estimate of drug-likeness (QED) is 0.766. The lowest BCUT2D eigenvalue weighted by Crippen LogP contribution is -2.34. The number of aromatic nitrogens is 5. The van der Waals surface area contributed by atoms with Gasteiger partial charge in [-0.15, -0.1) is 5.10 Å². The molecular formula is C17H18F2N6O. The Morgan fingerprint density at radius 1 is 1.27 bits per heavy atom. The number of alkyl halides is 2. The number of fused-ring (bicyclic) bond motifs is 1. The van der Waals surface area contributed by atoms with Gasteiger partial charge in [-0.3, -0.25) is 0 Å². The monoisotopic (exact) mass is 360 g/mol. The van der Waals surface area contributed by atoms with Crippen LogP contribution in [0.4, 0.5) is 14.6 Å². The van der Waals surface area contributed by atoms with E-state index < -0.39 is 12.0 Å². The molecule has 0 aromatic carbocycles. The fourth-order valence-electron chi connectivity index (χ4n) is 3.29. The summed E-state index contributed by atoms with van der Waals surface area (Å²) < 4.78 is 35.9. The number of nitrogens with zero attached hydrogens (tertiary/aromatic N) is 5. The third-order valence-electron chi connectivity index (χ3n) is 4.60. The van der Waals surface area contributed by atoms with E-state index in [9.17, 15) is 8.78 Å². The number of pyridine rings is 1. The van der Waals surface area contributed by atoms with Gasteiger partial charge in [0.15, 0.2) is 5.65 Å². The van der Waals surface area contributed by atoms with Crippen molar-refractivity contribution >= 4 is 16.9 Å². The number of rotatable bonds is 3. The molecule has 0 amide bonds. The number of hydrogen-bond donors (Lipinski definition) is 1. The predicted octanol–water partition coefficient (Wildman–Crippen LogP) is 3.65. The minimum Gasteiger partial charge on any atom is -0.418 e. The maximum atomic E-state index is 14.5. The van der Waals surface area contributed by atoms with Gasteiger partial charge in [0, 0.05) is 18.7 Å². The Bertz CT molecular complexity index is 958. The second-order valence-corrected chi connectivity index (χ2v) is 6.50. The summed E-state index contributed by atoms with van der Waals surface area (Å²) in [6.45, 7) is 1.89. The van der Waals surface area contributed by atoms with Crippen LogP contribution in [-0.4, -0.2) is 30.7 Å². The van der Waals surface area contributed by atoms with Gasteiger partial charge in [-0.1, -0.05) is 6.42 Å². The smallest absolute Gasteiger partial charge is 0.270 e. The first-order chi connectivity index (χ1) is 12.5. The number of anilines is 1. The van der Waals surface area contributed by atoms with Crippen LogP contribution in [0, 0.1) is 6.92 Å². The van der Waals surface area contributed by atoms with Crippen LogP contribution < -0.4 is 10.5 Å². The molecule has 3 aromatic rings. The summed E-state index contributed by atoms with van der Waals surface area (Å²) in [6, 6.07) is 2.46. The topological polar surface area (TPSA) is 91.7 Å². The van der Waals surface area contributed by atoms with Gasteiger partial charge >= 0.3 is 0 Å². The molecule has 7 nitrogen and oxygen atoms in total. The Kier molecular flexibility index (Phi) is 3.93. The molecule has 0 aliphatic heterocycles. The molecule has 1 aliphatic rings. The molecule has 1 unspecified atom stereocenters. The Balaban J connectivity index is 1.84. The van der Waals surface area contributed by atoms with Gasteiger partial charge in [0.25, 0.3) is 11.8 Å². The molecule has 26 heavy (non-hydrogen) atoms. The zero-order valence-electron chi connectivity index (χ0n) is 14.2. The Labute approximate surface area is 148 Å². The maximum absolute atomic E-state index is 14.5. The lowest BCUT2D eigenvalue weighted by molar-refractivity contribution is -0.0807. The van der Waals surface area contributed by atoms with Crippen molar-refractivity contribution in [3.8, 4) is 11.8 Å². The highest BCUT2D eigenvalue weighted by molar-refractivity contribution is 5.90. The zero-order valence-corrected chi connectivity index (χ0v) is 14.2. The molecule has 1 saturated carbocycles. The summed E-state index contributed by atoms with van der Waals surface area (Å²) in [7, 11) is 0. The van der Waals surface area contributed by atoms with Crippen LogP contribution in [-0.2, 0) is 0 Å². The zero-order chi connectivity index (χ0) is 18.3. The van der Waals surface area contributed by atoms with Gasteiger partial charge in [0.1, 0.15) is 23.6 Å². The largest absolute Gasteiger partial charge is 0.418 e. The molecular weight excluding hydrogens is 342 g/mol. The number of nitrogen functional groups attached to an aromatic ring is 1. The van der Waals surface area contributed by atoms with Gasteiger partial charge in [-0.2, -0.15) is 0 Å². The summed E-state index contributed by atoms with van der Waals surface area (Å²) in [6.07, 6.45) is 4.18. The highest BCUT2D eigenvalue weighted by Crippen LogP contribution is 2.44. The minimum absolute atomic E-state index is 0.0811. The van der Waals surface area contributed by atoms with E-state index >= 15 is 0 Å². The van der Waals surface area contributed by atoms with Gasteiger partial charge in [-0.05, 0) is 31.4 Å². The third-order valence-corrected chi connectivity index (χ3v) is 4.60. The van der Waals surface area contributed by atoms with Crippen molar-refractivity contribution in [3.05, 3.63) is 30.2 Å². The molecule has 9 heteroatoms. The van der Waals surface area contributed by atoms with Crippen molar-refractivity contribution in [3.63, 3.8) is 0 Å². The molecule has 136 valence electrons. The van der Waals surface area contributed by atoms with Crippen molar-refractivity contribution in [2.45, 2.75) is 44.6 Å². The van der Waals surface area contributed by atoms with Crippen LogP contribution in [0.2, 0.25) is 0 Å². The summed E-state index contributed by atoms with van der Waals surface area (Å²) >= 11 is 0. The van der Waals surface area contributed by atoms with E-state index in [4.69, 9.17) is 10.5 Å². The summed E-state index contributed by atoms with van der Waals surface area (Å²) in [5.74, 6) is -2.36.